The first-order valence-electron chi connectivity index (χ1n) is 16.7. The van der Waals surface area contributed by atoms with Gasteiger partial charge in [-0.05, 0) is 94.7 Å². The Hall–Kier alpha value is -6.58. The summed E-state index contributed by atoms with van der Waals surface area (Å²) in [6.45, 7) is 0. The normalized spacial score (nSPS) is 11.7. The molecular formula is C46H30N2O. The Morgan fingerprint density at radius 3 is 1.76 bits per heavy atom. The van der Waals surface area contributed by atoms with E-state index in [4.69, 9.17) is 4.42 Å². The minimum absolute atomic E-state index is 0.882. The molecule has 0 radical (unpaired) electrons. The highest BCUT2D eigenvalue weighted by molar-refractivity contribution is 6.13. The van der Waals surface area contributed by atoms with E-state index in [0.717, 1.165) is 44.7 Å². The lowest BCUT2D eigenvalue weighted by Gasteiger charge is -2.25. The molecule has 3 nitrogen and oxygen atoms in total. The van der Waals surface area contributed by atoms with Gasteiger partial charge >= 0.3 is 0 Å². The number of aromatic nitrogens is 1. The van der Waals surface area contributed by atoms with Gasteiger partial charge in [-0.25, -0.2) is 0 Å². The van der Waals surface area contributed by atoms with Crippen molar-refractivity contribution >= 4 is 71.6 Å². The second-order valence-electron chi connectivity index (χ2n) is 12.6. The molecule has 10 aromatic rings. The van der Waals surface area contributed by atoms with Crippen molar-refractivity contribution in [2.24, 2.45) is 0 Å². The zero-order chi connectivity index (χ0) is 32.3. The van der Waals surface area contributed by atoms with E-state index in [1.807, 2.05) is 12.1 Å². The van der Waals surface area contributed by atoms with Gasteiger partial charge in [0.25, 0.3) is 0 Å². The van der Waals surface area contributed by atoms with E-state index in [9.17, 15) is 0 Å². The highest BCUT2D eigenvalue weighted by Crippen LogP contribution is 2.40. The summed E-state index contributed by atoms with van der Waals surface area (Å²) in [5, 5.41) is 7.31. The molecule has 0 amide bonds. The summed E-state index contributed by atoms with van der Waals surface area (Å²) in [6, 6.07) is 65.0. The van der Waals surface area contributed by atoms with Crippen molar-refractivity contribution in [2.45, 2.75) is 0 Å². The fourth-order valence-corrected chi connectivity index (χ4v) is 7.42. The third kappa shape index (κ3) is 4.51. The number of fused-ring (bicyclic) bond motifs is 7. The molecule has 230 valence electrons. The monoisotopic (exact) mass is 626 g/mol. The molecule has 10 rings (SSSR count). The summed E-state index contributed by atoms with van der Waals surface area (Å²) in [5.74, 6) is 0. The molecule has 49 heavy (non-hydrogen) atoms. The first kappa shape index (κ1) is 27.5. The molecule has 8 aromatic carbocycles. The quantitative estimate of drug-likeness (QED) is 0.190. The summed E-state index contributed by atoms with van der Waals surface area (Å²) < 4.78 is 8.66. The van der Waals surface area contributed by atoms with Crippen molar-refractivity contribution in [3.63, 3.8) is 0 Å². The number of hydrogen-bond donors (Lipinski definition) is 0. The molecule has 0 spiro atoms. The van der Waals surface area contributed by atoms with Gasteiger partial charge in [0, 0.05) is 50.4 Å². The first-order chi connectivity index (χ1) is 24.3. The van der Waals surface area contributed by atoms with Gasteiger partial charge in [-0.1, -0.05) is 103 Å². The van der Waals surface area contributed by atoms with Crippen LogP contribution in [0.15, 0.2) is 186 Å². The van der Waals surface area contributed by atoms with Gasteiger partial charge in [-0.3, -0.25) is 0 Å². The highest BCUT2D eigenvalue weighted by atomic mass is 16.3. The van der Waals surface area contributed by atoms with Crippen LogP contribution in [-0.2, 0) is 0 Å². The van der Waals surface area contributed by atoms with Gasteiger partial charge < -0.3 is 13.9 Å². The topological polar surface area (TPSA) is 21.3 Å². The lowest BCUT2D eigenvalue weighted by atomic mass is 10.0. The third-order valence-corrected chi connectivity index (χ3v) is 9.76. The van der Waals surface area contributed by atoms with Crippen molar-refractivity contribution in [3.8, 4) is 16.8 Å². The number of nitrogens with zero attached hydrogens (tertiary/aromatic N) is 2. The van der Waals surface area contributed by atoms with E-state index in [0.29, 0.717) is 0 Å². The average Bonchev–Trinajstić information content (AvgIpc) is 3.70. The predicted molar refractivity (Wildman–Crippen MR) is 206 cm³/mol. The van der Waals surface area contributed by atoms with Crippen LogP contribution in [0.4, 0.5) is 17.1 Å². The van der Waals surface area contributed by atoms with Crippen molar-refractivity contribution < 1.29 is 4.42 Å². The average molecular weight is 627 g/mol. The van der Waals surface area contributed by atoms with Gasteiger partial charge in [-0.15, -0.1) is 0 Å². The molecule has 2 aromatic heterocycles. The summed E-state index contributed by atoms with van der Waals surface area (Å²) >= 11 is 0. The molecule has 0 fully saturated rings. The van der Waals surface area contributed by atoms with E-state index in [2.05, 4.69) is 179 Å². The smallest absolute Gasteiger partial charge is 0.137 e. The summed E-state index contributed by atoms with van der Waals surface area (Å²) in [4.78, 5) is 2.28. The Morgan fingerprint density at radius 2 is 0.959 bits per heavy atom. The van der Waals surface area contributed by atoms with Crippen molar-refractivity contribution in [1.29, 1.82) is 0 Å². The molecule has 0 aliphatic carbocycles. The molecule has 3 heteroatoms. The van der Waals surface area contributed by atoms with Crippen LogP contribution >= 0.6 is 0 Å². The molecule has 0 aliphatic heterocycles. The Morgan fingerprint density at radius 1 is 0.367 bits per heavy atom. The van der Waals surface area contributed by atoms with Crippen molar-refractivity contribution in [1.82, 2.24) is 4.57 Å². The maximum Gasteiger partial charge on any atom is 0.137 e. The zero-order valence-corrected chi connectivity index (χ0v) is 26.6. The largest absolute Gasteiger partial charge is 0.456 e. The molecule has 0 atom stereocenters. The standard InChI is InChI=1S/C46H30N2O/c1-2-12-35(13-3-1)47(38-26-27-41-40-15-7-9-17-45(40)49-46(41)30-38)36-22-18-31(19-23-36)32-20-24-37(25-21-32)48-43-16-8-6-14-39(43)42-28-33-10-4-5-11-34(33)29-44(42)48/h1-30H. The van der Waals surface area contributed by atoms with E-state index in [-0.39, 0.29) is 0 Å². The van der Waals surface area contributed by atoms with Crippen LogP contribution < -0.4 is 4.90 Å². The Bertz CT molecular complexity index is 2810. The molecule has 0 saturated carbocycles. The number of anilines is 3. The minimum Gasteiger partial charge on any atom is -0.456 e. The number of furan rings is 1. The maximum atomic E-state index is 6.27. The van der Waals surface area contributed by atoms with Gasteiger partial charge in [0.15, 0.2) is 0 Å². The molecule has 0 aliphatic rings. The SMILES string of the molecule is c1ccc(N(c2ccc(-c3ccc(-n4c5ccccc5c5cc6ccccc6cc54)cc3)cc2)c2ccc3c(c2)oc2ccccc23)cc1. The molecular weight excluding hydrogens is 597 g/mol. The third-order valence-electron chi connectivity index (χ3n) is 9.76. The highest BCUT2D eigenvalue weighted by Gasteiger charge is 2.16. The van der Waals surface area contributed by atoms with Crippen LogP contribution in [0.1, 0.15) is 0 Å². The zero-order valence-electron chi connectivity index (χ0n) is 26.6. The van der Waals surface area contributed by atoms with Crippen LogP contribution in [0.25, 0.3) is 71.3 Å². The predicted octanol–water partition coefficient (Wildman–Crippen LogP) is 13.0. The van der Waals surface area contributed by atoms with Crippen LogP contribution in [0.2, 0.25) is 0 Å². The molecule has 0 unspecified atom stereocenters. The Balaban J connectivity index is 1.02. The van der Waals surface area contributed by atoms with E-state index >= 15 is 0 Å². The minimum atomic E-state index is 0.882. The van der Waals surface area contributed by atoms with E-state index in [1.54, 1.807) is 0 Å². The number of benzene rings is 8. The van der Waals surface area contributed by atoms with Gasteiger partial charge in [-0.2, -0.15) is 0 Å². The van der Waals surface area contributed by atoms with Crippen LogP contribution in [-0.4, -0.2) is 4.57 Å². The van der Waals surface area contributed by atoms with Crippen molar-refractivity contribution in [2.75, 3.05) is 4.90 Å². The van der Waals surface area contributed by atoms with Crippen molar-refractivity contribution in [3.05, 3.63) is 182 Å². The number of para-hydroxylation sites is 3. The molecule has 2 heterocycles. The Labute approximate surface area is 283 Å². The number of rotatable bonds is 5. The molecule has 0 saturated heterocycles. The second-order valence-corrected chi connectivity index (χ2v) is 12.6. The molecule has 0 bridgehead atoms. The first-order valence-corrected chi connectivity index (χ1v) is 16.7. The summed E-state index contributed by atoms with van der Waals surface area (Å²) in [5.41, 5.74) is 10.9. The van der Waals surface area contributed by atoms with Crippen LogP contribution in [0, 0.1) is 0 Å². The summed E-state index contributed by atoms with van der Waals surface area (Å²) in [7, 11) is 0. The maximum absolute atomic E-state index is 6.27. The van der Waals surface area contributed by atoms with Gasteiger partial charge in [0.1, 0.15) is 11.2 Å². The fraction of sp³-hybridized carbons (Fsp3) is 0. The summed E-state index contributed by atoms with van der Waals surface area (Å²) in [6.07, 6.45) is 0. The lowest BCUT2D eigenvalue weighted by Crippen LogP contribution is -2.09. The number of hydrogen-bond acceptors (Lipinski definition) is 2. The van der Waals surface area contributed by atoms with Crippen LogP contribution in [0.3, 0.4) is 0 Å². The van der Waals surface area contributed by atoms with Gasteiger partial charge in [0.05, 0.1) is 11.0 Å². The second kappa shape index (κ2) is 11.0. The van der Waals surface area contributed by atoms with Gasteiger partial charge in [0.2, 0.25) is 0 Å². The lowest BCUT2D eigenvalue weighted by molar-refractivity contribution is 0.669. The van der Waals surface area contributed by atoms with E-state index in [1.165, 1.54) is 43.7 Å². The van der Waals surface area contributed by atoms with Crippen LogP contribution in [0.5, 0.6) is 0 Å². The molecule has 0 N–H and O–H groups in total. The fourth-order valence-electron chi connectivity index (χ4n) is 7.42. The van der Waals surface area contributed by atoms with E-state index < -0.39 is 0 Å². The Kier molecular flexibility index (Phi) is 6.18.